The lowest BCUT2D eigenvalue weighted by Crippen LogP contribution is -2.37. The Balaban J connectivity index is 2.23. The van der Waals surface area contributed by atoms with Crippen molar-refractivity contribution in [3.63, 3.8) is 0 Å². The maximum absolute atomic E-state index is 10.6. The van der Waals surface area contributed by atoms with Crippen LogP contribution in [0.5, 0.6) is 0 Å². The van der Waals surface area contributed by atoms with Crippen molar-refractivity contribution in [3.05, 3.63) is 28.2 Å². The summed E-state index contributed by atoms with van der Waals surface area (Å²) >= 11 is 3.51. The molecule has 0 saturated heterocycles. The lowest BCUT2D eigenvalue weighted by atomic mass is 9.91. The zero-order valence-electron chi connectivity index (χ0n) is 8.74. The number of anilines is 1. The summed E-state index contributed by atoms with van der Waals surface area (Å²) < 4.78 is 1.00. The highest BCUT2D eigenvalue weighted by atomic mass is 79.9. The molecule has 0 bridgehead atoms. The average molecular weight is 268 g/mol. The lowest BCUT2D eigenvalue weighted by molar-refractivity contribution is 0.112. The maximum Gasteiger partial charge on any atom is 0.150 e. The van der Waals surface area contributed by atoms with Gasteiger partial charge in [-0.15, -0.1) is 0 Å². The SMILES string of the molecule is CN(c1ccc(C=O)cc1Br)C1CCC1. The van der Waals surface area contributed by atoms with E-state index in [4.69, 9.17) is 0 Å². The first-order valence-electron chi connectivity index (χ1n) is 5.20. The zero-order valence-corrected chi connectivity index (χ0v) is 10.3. The highest BCUT2D eigenvalue weighted by molar-refractivity contribution is 9.10. The number of halogens is 1. The van der Waals surface area contributed by atoms with Crippen LogP contribution in [-0.4, -0.2) is 19.4 Å². The molecule has 2 rings (SSSR count). The molecule has 80 valence electrons. The predicted octanol–water partition coefficient (Wildman–Crippen LogP) is 3.25. The molecule has 3 heteroatoms. The maximum atomic E-state index is 10.6. The third-order valence-corrected chi connectivity index (χ3v) is 3.75. The Kier molecular flexibility index (Phi) is 3.10. The first-order chi connectivity index (χ1) is 7.22. The van der Waals surface area contributed by atoms with Crippen LogP contribution in [0.4, 0.5) is 5.69 Å². The minimum Gasteiger partial charge on any atom is -0.371 e. The van der Waals surface area contributed by atoms with Gasteiger partial charge in [0.15, 0.2) is 0 Å². The normalized spacial score (nSPS) is 15.9. The topological polar surface area (TPSA) is 20.3 Å². The van der Waals surface area contributed by atoms with Crippen LogP contribution in [0, 0.1) is 0 Å². The monoisotopic (exact) mass is 267 g/mol. The average Bonchev–Trinajstić information content (AvgIpc) is 2.14. The molecule has 0 spiro atoms. The van der Waals surface area contributed by atoms with Gasteiger partial charge in [-0.2, -0.15) is 0 Å². The quantitative estimate of drug-likeness (QED) is 0.784. The van der Waals surface area contributed by atoms with E-state index in [0.717, 1.165) is 10.8 Å². The van der Waals surface area contributed by atoms with E-state index in [9.17, 15) is 4.79 Å². The number of hydrogen-bond donors (Lipinski definition) is 0. The minimum atomic E-state index is 0.670. The Morgan fingerprint density at radius 1 is 1.47 bits per heavy atom. The number of carbonyl (C=O) groups is 1. The van der Waals surface area contributed by atoms with E-state index in [1.54, 1.807) is 0 Å². The molecule has 1 fully saturated rings. The van der Waals surface area contributed by atoms with Gasteiger partial charge in [0.1, 0.15) is 6.29 Å². The Morgan fingerprint density at radius 3 is 2.67 bits per heavy atom. The van der Waals surface area contributed by atoms with Gasteiger partial charge in [-0.3, -0.25) is 4.79 Å². The van der Waals surface area contributed by atoms with Crippen LogP contribution in [0.1, 0.15) is 29.6 Å². The van der Waals surface area contributed by atoms with Gasteiger partial charge in [0, 0.05) is 23.1 Å². The Bertz CT molecular complexity index is 374. The van der Waals surface area contributed by atoms with Crippen LogP contribution in [-0.2, 0) is 0 Å². The van der Waals surface area contributed by atoms with Crippen molar-refractivity contribution in [3.8, 4) is 0 Å². The Morgan fingerprint density at radius 2 is 2.20 bits per heavy atom. The van der Waals surface area contributed by atoms with Crippen LogP contribution in [0.2, 0.25) is 0 Å². The lowest BCUT2D eigenvalue weighted by Gasteiger charge is -2.36. The number of carbonyl (C=O) groups excluding carboxylic acids is 1. The van der Waals surface area contributed by atoms with Gasteiger partial charge in [0.25, 0.3) is 0 Å². The second kappa shape index (κ2) is 4.35. The number of rotatable bonds is 3. The molecule has 0 unspecified atom stereocenters. The molecule has 0 amide bonds. The van der Waals surface area contributed by atoms with Gasteiger partial charge in [-0.1, -0.05) is 0 Å². The van der Waals surface area contributed by atoms with Crippen LogP contribution < -0.4 is 4.90 Å². The smallest absolute Gasteiger partial charge is 0.150 e. The Hall–Kier alpha value is -0.830. The Labute approximate surface area is 98.4 Å². The van der Waals surface area contributed by atoms with Gasteiger partial charge in [0.05, 0.1) is 5.69 Å². The molecular weight excluding hydrogens is 254 g/mol. The van der Waals surface area contributed by atoms with Crippen molar-refractivity contribution in [2.45, 2.75) is 25.3 Å². The van der Waals surface area contributed by atoms with Gasteiger partial charge >= 0.3 is 0 Å². The van der Waals surface area contributed by atoms with Crippen LogP contribution >= 0.6 is 15.9 Å². The van der Waals surface area contributed by atoms with E-state index >= 15 is 0 Å². The van der Waals surface area contributed by atoms with E-state index in [0.29, 0.717) is 11.6 Å². The van der Waals surface area contributed by atoms with Gasteiger partial charge in [-0.25, -0.2) is 0 Å². The molecule has 1 saturated carbocycles. The molecular formula is C12H14BrNO. The summed E-state index contributed by atoms with van der Waals surface area (Å²) in [6, 6.07) is 6.41. The zero-order chi connectivity index (χ0) is 10.8. The number of nitrogens with zero attached hydrogens (tertiary/aromatic N) is 1. The van der Waals surface area contributed by atoms with E-state index in [2.05, 4.69) is 27.9 Å². The first-order valence-corrected chi connectivity index (χ1v) is 5.99. The summed E-state index contributed by atoms with van der Waals surface area (Å²) in [5.41, 5.74) is 1.89. The van der Waals surface area contributed by atoms with Crippen molar-refractivity contribution in [2.75, 3.05) is 11.9 Å². The number of benzene rings is 1. The second-order valence-corrected chi connectivity index (χ2v) is 4.88. The summed E-state index contributed by atoms with van der Waals surface area (Å²) in [5, 5.41) is 0. The number of aldehydes is 1. The molecule has 0 N–H and O–H groups in total. The standard InChI is InChI=1S/C12H14BrNO/c1-14(10-3-2-4-10)12-6-5-9(8-15)7-11(12)13/h5-8,10H,2-4H2,1H3. The van der Waals surface area contributed by atoms with Crippen molar-refractivity contribution in [1.29, 1.82) is 0 Å². The van der Waals surface area contributed by atoms with Crippen molar-refractivity contribution in [2.24, 2.45) is 0 Å². The fourth-order valence-corrected chi connectivity index (χ4v) is 2.53. The fraction of sp³-hybridized carbons (Fsp3) is 0.417. The van der Waals surface area contributed by atoms with Crippen LogP contribution in [0.25, 0.3) is 0 Å². The molecule has 0 radical (unpaired) electrons. The summed E-state index contributed by atoms with van der Waals surface area (Å²) in [6.07, 6.45) is 4.76. The highest BCUT2D eigenvalue weighted by Gasteiger charge is 2.23. The molecule has 1 aliphatic carbocycles. The molecule has 0 atom stereocenters. The molecule has 0 aromatic heterocycles. The molecule has 0 heterocycles. The predicted molar refractivity (Wildman–Crippen MR) is 65.6 cm³/mol. The molecule has 1 aromatic rings. The van der Waals surface area contributed by atoms with Gasteiger partial charge in [0.2, 0.25) is 0 Å². The minimum absolute atomic E-state index is 0.670. The van der Waals surface area contributed by atoms with Crippen molar-refractivity contribution >= 4 is 27.9 Å². The highest BCUT2D eigenvalue weighted by Crippen LogP contribution is 2.33. The van der Waals surface area contributed by atoms with Crippen molar-refractivity contribution in [1.82, 2.24) is 0 Å². The molecule has 2 nitrogen and oxygen atoms in total. The van der Waals surface area contributed by atoms with Crippen LogP contribution in [0.3, 0.4) is 0 Å². The van der Waals surface area contributed by atoms with E-state index < -0.39 is 0 Å². The van der Waals surface area contributed by atoms with E-state index in [1.165, 1.54) is 24.9 Å². The summed E-state index contributed by atoms with van der Waals surface area (Å²) in [7, 11) is 2.12. The van der Waals surface area contributed by atoms with Gasteiger partial charge in [-0.05, 0) is 53.4 Å². The molecule has 0 aliphatic heterocycles. The second-order valence-electron chi connectivity index (χ2n) is 4.02. The summed E-state index contributed by atoms with van der Waals surface area (Å²) in [5.74, 6) is 0. The summed E-state index contributed by atoms with van der Waals surface area (Å²) in [4.78, 5) is 12.9. The number of hydrogen-bond acceptors (Lipinski definition) is 2. The third kappa shape index (κ3) is 2.07. The largest absolute Gasteiger partial charge is 0.371 e. The van der Waals surface area contributed by atoms with Crippen LogP contribution in [0.15, 0.2) is 22.7 Å². The van der Waals surface area contributed by atoms with Crippen molar-refractivity contribution < 1.29 is 4.79 Å². The molecule has 1 aliphatic rings. The molecule has 1 aromatic carbocycles. The van der Waals surface area contributed by atoms with Gasteiger partial charge < -0.3 is 4.90 Å². The first kappa shape index (κ1) is 10.7. The van der Waals surface area contributed by atoms with E-state index in [1.807, 2.05) is 18.2 Å². The van der Waals surface area contributed by atoms with E-state index in [-0.39, 0.29) is 0 Å². The third-order valence-electron chi connectivity index (χ3n) is 3.11. The molecule has 15 heavy (non-hydrogen) atoms. The summed E-state index contributed by atoms with van der Waals surface area (Å²) in [6.45, 7) is 0. The fourth-order valence-electron chi connectivity index (χ4n) is 1.85.